The van der Waals surface area contributed by atoms with E-state index >= 15 is 0 Å². The molecule has 0 spiro atoms. The van der Waals surface area contributed by atoms with Gasteiger partial charge in [0, 0.05) is 0 Å². The first-order chi connectivity index (χ1) is 5.75. The predicted molar refractivity (Wildman–Crippen MR) is 50.4 cm³/mol. The summed E-state index contributed by atoms with van der Waals surface area (Å²) in [7, 11) is 0. The highest BCUT2D eigenvalue weighted by atomic mass is 16.4. The first-order valence-electron chi connectivity index (χ1n) is 3.69. The second-order valence-corrected chi connectivity index (χ2v) is 2.53. The van der Waals surface area contributed by atoms with Crippen LogP contribution in [0.5, 0.6) is 0 Å². The van der Waals surface area contributed by atoms with Crippen LogP contribution in [0.3, 0.4) is 0 Å². The van der Waals surface area contributed by atoms with Crippen LogP contribution in [0.2, 0.25) is 0 Å². The molecule has 0 bridgehead atoms. The van der Waals surface area contributed by atoms with Crippen LogP contribution in [0.1, 0.15) is 12.5 Å². The van der Waals surface area contributed by atoms with Gasteiger partial charge in [0.05, 0.1) is 5.71 Å². The van der Waals surface area contributed by atoms with Crippen molar-refractivity contribution in [1.29, 1.82) is 0 Å². The van der Waals surface area contributed by atoms with E-state index in [1.54, 1.807) is 6.92 Å². The van der Waals surface area contributed by atoms with Gasteiger partial charge < -0.3 is 5.21 Å². The number of hydrogen-bond donors (Lipinski definition) is 1. The van der Waals surface area contributed by atoms with E-state index < -0.39 is 0 Å². The van der Waals surface area contributed by atoms with Crippen molar-refractivity contribution in [2.24, 2.45) is 5.16 Å². The van der Waals surface area contributed by atoms with E-state index in [1.807, 2.05) is 30.3 Å². The van der Waals surface area contributed by atoms with E-state index in [4.69, 9.17) is 5.21 Å². The van der Waals surface area contributed by atoms with Gasteiger partial charge >= 0.3 is 0 Å². The molecule has 0 fully saturated rings. The summed E-state index contributed by atoms with van der Waals surface area (Å²) in [6.07, 6.45) is 0. The van der Waals surface area contributed by atoms with Crippen LogP contribution in [0.25, 0.3) is 5.57 Å². The monoisotopic (exact) mass is 161 g/mol. The van der Waals surface area contributed by atoms with Crippen LogP contribution in [-0.2, 0) is 0 Å². The average molecular weight is 161 g/mol. The van der Waals surface area contributed by atoms with Crippen molar-refractivity contribution >= 4 is 11.3 Å². The number of hydrogen-bond acceptors (Lipinski definition) is 2. The Morgan fingerprint density at radius 1 is 1.33 bits per heavy atom. The van der Waals surface area contributed by atoms with Crippen molar-refractivity contribution in [2.75, 3.05) is 0 Å². The zero-order chi connectivity index (χ0) is 8.97. The molecule has 0 aliphatic heterocycles. The maximum atomic E-state index is 8.49. The first kappa shape index (κ1) is 8.53. The Kier molecular flexibility index (Phi) is 2.64. The lowest BCUT2D eigenvalue weighted by Crippen LogP contribution is -1.94. The van der Waals surface area contributed by atoms with E-state index in [0.717, 1.165) is 11.1 Å². The van der Waals surface area contributed by atoms with Gasteiger partial charge in [0.15, 0.2) is 0 Å². The molecule has 0 atom stereocenters. The van der Waals surface area contributed by atoms with E-state index in [9.17, 15) is 0 Å². The lowest BCUT2D eigenvalue weighted by Gasteiger charge is -2.02. The third-order valence-electron chi connectivity index (χ3n) is 1.71. The summed E-state index contributed by atoms with van der Waals surface area (Å²) in [5.41, 5.74) is 2.27. The van der Waals surface area contributed by atoms with Gasteiger partial charge in [-0.1, -0.05) is 42.1 Å². The van der Waals surface area contributed by atoms with Crippen LogP contribution in [0.4, 0.5) is 0 Å². The Balaban J connectivity index is 2.94. The predicted octanol–water partition coefficient (Wildman–Crippen LogP) is 2.55. The standard InChI is InChI=1S/C10H11NO/c1-8(9(2)11-12)10-6-4-3-5-7-10/h3-7,12H,1H2,2H3/b11-9-. The summed E-state index contributed by atoms with van der Waals surface area (Å²) < 4.78 is 0. The highest BCUT2D eigenvalue weighted by Gasteiger charge is 2.00. The molecule has 0 aliphatic rings. The van der Waals surface area contributed by atoms with Crippen LogP contribution in [0, 0.1) is 0 Å². The van der Waals surface area contributed by atoms with Gasteiger partial charge in [0.25, 0.3) is 0 Å². The van der Waals surface area contributed by atoms with Gasteiger partial charge in [0.1, 0.15) is 0 Å². The minimum atomic E-state index is 0.543. The molecule has 0 saturated heterocycles. The molecule has 0 heterocycles. The van der Waals surface area contributed by atoms with Crippen LogP contribution < -0.4 is 0 Å². The highest BCUT2D eigenvalue weighted by Crippen LogP contribution is 2.12. The molecule has 1 rings (SSSR count). The van der Waals surface area contributed by atoms with Gasteiger partial charge in [-0.3, -0.25) is 0 Å². The molecule has 12 heavy (non-hydrogen) atoms. The highest BCUT2D eigenvalue weighted by molar-refractivity contribution is 6.21. The topological polar surface area (TPSA) is 32.6 Å². The lowest BCUT2D eigenvalue weighted by molar-refractivity contribution is 0.319. The van der Waals surface area contributed by atoms with Crippen molar-refractivity contribution in [3.05, 3.63) is 42.5 Å². The van der Waals surface area contributed by atoms with Gasteiger partial charge in [0.2, 0.25) is 0 Å². The van der Waals surface area contributed by atoms with Crippen molar-refractivity contribution in [3.63, 3.8) is 0 Å². The number of nitrogens with zero attached hydrogens (tertiary/aromatic N) is 1. The van der Waals surface area contributed by atoms with Gasteiger partial charge in [-0.05, 0) is 18.1 Å². The molecule has 1 aromatic carbocycles. The molecular weight excluding hydrogens is 150 g/mol. The third-order valence-corrected chi connectivity index (χ3v) is 1.71. The van der Waals surface area contributed by atoms with Crippen molar-refractivity contribution in [2.45, 2.75) is 6.92 Å². The second kappa shape index (κ2) is 3.72. The Bertz CT molecular complexity index is 301. The molecule has 0 aromatic heterocycles. The van der Waals surface area contributed by atoms with Crippen LogP contribution >= 0.6 is 0 Å². The summed E-state index contributed by atoms with van der Waals surface area (Å²) in [5.74, 6) is 0. The third kappa shape index (κ3) is 1.72. The van der Waals surface area contributed by atoms with Crippen LogP contribution in [-0.4, -0.2) is 10.9 Å². The molecule has 0 aliphatic carbocycles. The molecule has 1 aromatic rings. The van der Waals surface area contributed by atoms with Crippen LogP contribution in [0.15, 0.2) is 42.1 Å². The number of oxime groups is 1. The van der Waals surface area contributed by atoms with Crippen molar-refractivity contribution in [3.8, 4) is 0 Å². The smallest absolute Gasteiger partial charge is 0.0836 e. The second-order valence-electron chi connectivity index (χ2n) is 2.53. The fourth-order valence-corrected chi connectivity index (χ4v) is 0.909. The molecule has 2 nitrogen and oxygen atoms in total. The average Bonchev–Trinajstić information content (AvgIpc) is 2.17. The summed E-state index contributed by atoms with van der Waals surface area (Å²) in [4.78, 5) is 0. The molecule has 0 amide bonds. The quantitative estimate of drug-likeness (QED) is 0.403. The normalized spacial score (nSPS) is 11.2. The minimum absolute atomic E-state index is 0.543. The zero-order valence-electron chi connectivity index (χ0n) is 6.99. The first-order valence-corrected chi connectivity index (χ1v) is 3.69. The van der Waals surface area contributed by atoms with E-state index in [0.29, 0.717) is 5.71 Å². The summed E-state index contributed by atoms with van der Waals surface area (Å²) in [6, 6.07) is 9.63. The molecule has 0 unspecified atom stereocenters. The van der Waals surface area contributed by atoms with Crippen molar-refractivity contribution in [1.82, 2.24) is 0 Å². The molecule has 0 saturated carbocycles. The van der Waals surface area contributed by atoms with E-state index in [2.05, 4.69) is 11.7 Å². The Labute approximate surface area is 71.8 Å². The molecule has 2 heteroatoms. The lowest BCUT2D eigenvalue weighted by atomic mass is 10.0. The largest absolute Gasteiger partial charge is 0.411 e. The minimum Gasteiger partial charge on any atom is -0.411 e. The van der Waals surface area contributed by atoms with E-state index in [1.165, 1.54) is 0 Å². The molecule has 1 N–H and O–H groups in total. The number of allylic oxidation sites excluding steroid dienone is 1. The van der Waals surface area contributed by atoms with Gasteiger partial charge in [-0.15, -0.1) is 0 Å². The van der Waals surface area contributed by atoms with Gasteiger partial charge in [-0.25, -0.2) is 0 Å². The maximum absolute atomic E-state index is 8.49. The molecule has 0 radical (unpaired) electrons. The summed E-state index contributed by atoms with van der Waals surface area (Å²) >= 11 is 0. The Morgan fingerprint density at radius 2 is 1.92 bits per heavy atom. The summed E-state index contributed by atoms with van der Waals surface area (Å²) in [6.45, 7) is 5.52. The Morgan fingerprint density at radius 3 is 2.42 bits per heavy atom. The zero-order valence-corrected chi connectivity index (χ0v) is 6.99. The number of benzene rings is 1. The SMILES string of the molecule is C=C(/C(C)=N\O)c1ccccc1. The fourth-order valence-electron chi connectivity index (χ4n) is 0.909. The van der Waals surface area contributed by atoms with Gasteiger partial charge in [-0.2, -0.15) is 0 Å². The molecular formula is C10H11NO. The summed E-state index contributed by atoms with van der Waals surface area (Å²) in [5, 5.41) is 11.6. The number of rotatable bonds is 2. The fraction of sp³-hybridized carbons (Fsp3) is 0.100. The van der Waals surface area contributed by atoms with E-state index in [-0.39, 0.29) is 0 Å². The Hall–Kier alpha value is -1.57. The molecule has 62 valence electrons. The van der Waals surface area contributed by atoms with Crippen molar-refractivity contribution < 1.29 is 5.21 Å². The maximum Gasteiger partial charge on any atom is 0.0836 e.